The van der Waals surface area contributed by atoms with Crippen molar-refractivity contribution in [2.24, 2.45) is 0 Å². The van der Waals surface area contributed by atoms with E-state index in [2.05, 4.69) is 6.92 Å². The van der Waals surface area contributed by atoms with Crippen molar-refractivity contribution < 1.29 is 24.2 Å². The molecule has 0 bridgehead atoms. The lowest BCUT2D eigenvalue weighted by Gasteiger charge is -2.26. The van der Waals surface area contributed by atoms with E-state index in [0.717, 1.165) is 36.3 Å². The average Bonchev–Trinajstić information content (AvgIpc) is 3.09. The topological polar surface area (TPSA) is 79.3 Å². The molecular weight excluding hydrogens is 444 g/mol. The molecule has 3 rings (SSSR count). The van der Waals surface area contributed by atoms with Gasteiger partial charge < -0.3 is 24.4 Å². The number of likely N-dealkylation sites (tertiary alicyclic amines) is 1. The van der Waals surface area contributed by atoms with E-state index in [9.17, 15) is 14.7 Å². The Balaban J connectivity index is 2.03. The van der Waals surface area contributed by atoms with Gasteiger partial charge in [0.1, 0.15) is 17.3 Å². The summed E-state index contributed by atoms with van der Waals surface area (Å²) in [5.41, 5.74) is 2.15. The molecule has 0 radical (unpaired) electrons. The Labute approximate surface area is 207 Å². The summed E-state index contributed by atoms with van der Waals surface area (Å²) in [7, 11) is 5.51. The molecule has 0 saturated carbocycles. The Morgan fingerprint density at radius 3 is 2.40 bits per heavy atom. The van der Waals surface area contributed by atoms with Crippen LogP contribution in [0.25, 0.3) is 5.76 Å². The summed E-state index contributed by atoms with van der Waals surface area (Å²) in [4.78, 5) is 29.9. The number of carbonyl (C=O) groups excluding carboxylic acids is 2. The second kappa shape index (κ2) is 11.9. The summed E-state index contributed by atoms with van der Waals surface area (Å²) >= 11 is 0. The number of hydrogen-bond acceptors (Lipinski definition) is 6. The lowest BCUT2D eigenvalue weighted by atomic mass is 9.94. The van der Waals surface area contributed by atoms with Gasteiger partial charge >= 0.3 is 0 Å². The normalized spacial score (nSPS) is 17.3. The molecule has 1 aliphatic rings. The molecule has 1 N–H and O–H groups in total. The molecule has 1 aliphatic heterocycles. The quantitative estimate of drug-likeness (QED) is 0.220. The number of ether oxygens (including phenoxy) is 2. The predicted octanol–water partition coefficient (Wildman–Crippen LogP) is 4.56. The fourth-order valence-corrected chi connectivity index (χ4v) is 4.28. The summed E-state index contributed by atoms with van der Waals surface area (Å²) in [6.07, 6.45) is 2.72. The molecule has 1 unspecified atom stereocenters. The van der Waals surface area contributed by atoms with E-state index in [1.807, 2.05) is 50.2 Å². The molecule has 1 saturated heterocycles. The second-order valence-electron chi connectivity index (χ2n) is 9.10. The molecule has 7 heteroatoms. The van der Waals surface area contributed by atoms with Gasteiger partial charge in [-0.15, -0.1) is 0 Å². The smallest absolute Gasteiger partial charge is 0.295 e. The third-order valence-corrected chi connectivity index (χ3v) is 6.18. The fourth-order valence-electron chi connectivity index (χ4n) is 4.28. The number of hydrogen-bond donors (Lipinski definition) is 1. The number of amides is 1. The number of Topliss-reactive ketones (excluding diaryl/α,β-unsaturated/α-hetero) is 1. The molecule has 0 aromatic heterocycles. The SMILES string of the molecule is CCCCOc1ccc(C2C(=C(O)c3ccc(OC)c(C)c3)C(=O)C(=O)N2CCCN(C)C)cc1. The van der Waals surface area contributed by atoms with Gasteiger partial charge in [0.05, 0.1) is 25.3 Å². The molecule has 1 atom stereocenters. The van der Waals surface area contributed by atoms with E-state index in [0.29, 0.717) is 30.9 Å². The van der Waals surface area contributed by atoms with Gasteiger partial charge in [-0.3, -0.25) is 9.59 Å². The fraction of sp³-hybridized carbons (Fsp3) is 0.429. The minimum atomic E-state index is -0.677. The van der Waals surface area contributed by atoms with Gasteiger partial charge in [-0.25, -0.2) is 0 Å². The van der Waals surface area contributed by atoms with Crippen molar-refractivity contribution in [3.63, 3.8) is 0 Å². The number of aliphatic hydroxyl groups excluding tert-OH is 1. The van der Waals surface area contributed by atoms with Crippen LogP contribution in [0.2, 0.25) is 0 Å². The number of carbonyl (C=O) groups is 2. The highest BCUT2D eigenvalue weighted by Gasteiger charge is 2.45. The van der Waals surface area contributed by atoms with Gasteiger partial charge in [0.15, 0.2) is 0 Å². The zero-order chi connectivity index (χ0) is 25.5. The Bertz CT molecular complexity index is 1080. The monoisotopic (exact) mass is 480 g/mol. The van der Waals surface area contributed by atoms with Crippen LogP contribution in [0.4, 0.5) is 0 Å². The molecule has 2 aromatic rings. The lowest BCUT2D eigenvalue weighted by Crippen LogP contribution is -2.32. The zero-order valence-corrected chi connectivity index (χ0v) is 21.3. The minimum absolute atomic E-state index is 0.101. The number of aryl methyl sites for hydroxylation is 1. The highest BCUT2D eigenvalue weighted by molar-refractivity contribution is 6.46. The zero-order valence-electron chi connectivity index (χ0n) is 21.3. The number of unbranched alkanes of at least 4 members (excludes halogenated alkanes) is 1. The Morgan fingerprint density at radius 2 is 1.80 bits per heavy atom. The van der Waals surface area contributed by atoms with Crippen LogP contribution in [0.5, 0.6) is 11.5 Å². The first-order valence-electron chi connectivity index (χ1n) is 12.1. The lowest BCUT2D eigenvalue weighted by molar-refractivity contribution is -0.139. The molecule has 1 amide bonds. The molecule has 2 aromatic carbocycles. The van der Waals surface area contributed by atoms with Crippen LogP contribution >= 0.6 is 0 Å². The van der Waals surface area contributed by atoms with Gasteiger partial charge in [-0.1, -0.05) is 25.5 Å². The third-order valence-electron chi connectivity index (χ3n) is 6.18. The first-order chi connectivity index (χ1) is 16.8. The molecule has 0 aliphatic carbocycles. The number of methoxy groups -OCH3 is 1. The van der Waals surface area contributed by atoms with Crippen LogP contribution in [-0.4, -0.2) is 67.5 Å². The summed E-state index contributed by atoms with van der Waals surface area (Å²) in [6, 6.07) is 12.0. The van der Waals surface area contributed by atoms with E-state index in [1.165, 1.54) is 0 Å². The summed E-state index contributed by atoms with van der Waals surface area (Å²) in [6.45, 7) is 5.79. The van der Waals surface area contributed by atoms with E-state index in [4.69, 9.17) is 9.47 Å². The molecule has 0 spiro atoms. The first kappa shape index (κ1) is 26.3. The predicted molar refractivity (Wildman–Crippen MR) is 137 cm³/mol. The maximum Gasteiger partial charge on any atom is 0.295 e. The summed E-state index contributed by atoms with van der Waals surface area (Å²) in [5, 5.41) is 11.3. The Kier molecular flexibility index (Phi) is 8.93. The second-order valence-corrected chi connectivity index (χ2v) is 9.10. The van der Waals surface area contributed by atoms with Crippen molar-refractivity contribution in [2.75, 3.05) is 40.9 Å². The molecular formula is C28H36N2O5. The van der Waals surface area contributed by atoms with Gasteiger partial charge in [-0.2, -0.15) is 0 Å². The van der Waals surface area contributed by atoms with Gasteiger partial charge in [0.2, 0.25) is 0 Å². The van der Waals surface area contributed by atoms with Crippen molar-refractivity contribution in [1.29, 1.82) is 0 Å². The molecule has 1 heterocycles. The Hall–Kier alpha value is -3.32. The van der Waals surface area contributed by atoms with Crippen LogP contribution in [0.1, 0.15) is 48.9 Å². The third kappa shape index (κ3) is 6.03. The molecule has 1 fully saturated rings. The number of aliphatic hydroxyl groups is 1. The van der Waals surface area contributed by atoms with Crippen LogP contribution in [0.3, 0.4) is 0 Å². The number of benzene rings is 2. The van der Waals surface area contributed by atoms with Crippen molar-refractivity contribution in [3.8, 4) is 11.5 Å². The number of rotatable bonds is 11. The van der Waals surface area contributed by atoms with Crippen LogP contribution in [-0.2, 0) is 9.59 Å². The highest BCUT2D eigenvalue weighted by atomic mass is 16.5. The van der Waals surface area contributed by atoms with Crippen LogP contribution < -0.4 is 9.47 Å². The van der Waals surface area contributed by atoms with Crippen LogP contribution in [0, 0.1) is 6.92 Å². The van der Waals surface area contributed by atoms with E-state index >= 15 is 0 Å². The number of nitrogens with zero attached hydrogens (tertiary/aromatic N) is 2. The maximum absolute atomic E-state index is 13.2. The largest absolute Gasteiger partial charge is 0.507 e. The van der Waals surface area contributed by atoms with Crippen molar-refractivity contribution in [1.82, 2.24) is 9.80 Å². The highest BCUT2D eigenvalue weighted by Crippen LogP contribution is 2.40. The summed E-state index contributed by atoms with van der Waals surface area (Å²) < 4.78 is 11.1. The van der Waals surface area contributed by atoms with Crippen molar-refractivity contribution in [3.05, 3.63) is 64.7 Å². The Morgan fingerprint density at radius 1 is 1.09 bits per heavy atom. The summed E-state index contributed by atoms with van der Waals surface area (Å²) in [5.74, 6) is -0.0335. The minimum Gasteiger partial charge on any atom is -0.507 e. The van der Waals surface area contributed by atoms with E-state index in [-0.39, 0.29) is 11.3 Å². The molecule has 188 valence electrons. The standard InChI is InChI=1S/C28H36N2O5/c1-6-7-17-35-22-12-9-20(10-13-22)25-24(26(31)21-11-14-23(34-5)19(2)18-21)27(32)28(33)30(25)16-8-15-29(3)4/h9-14,18,25,31H,6-8,15-17H2,1-5H3. The van der Waals surface area contributed by atoms with E-state index < -0.39 is 17.7 Å². The number of ketones is 1. The average molecular weight is 481 g/mol. The van der Waals surface area contributed by atoms with Crippen molar-refractivity contribution in [2.45, 2.75) is 39.2 Å². The first-order valence-corrected chi connectivity index (χ1v) is 12.1. The van der Waals surface area contributed by atoms with Crippen molar-refractivity contribution >= 4 is 17.4 Å². The molecule has 35 heavy (non-hydrogen) atoms. The maximum atomic E-state index is 13.2. The van der Waals surface area contributed by atoms with Gasteiger partial charge in [0.25, 0.3) is 11.7 Å². The molecule has 7 nitrogen and oxygen atoms in total. The van der Waals surface area contributed by atoms with Gasteiger partial charge in [-0.05, 0) is 81.9 Å². The van der Waals surface area contributed by atoms with Crippen LogP contribution in [0.15, 0.2) is 48.0 Å². The van der Waals surface area contributed by atoms with Gasteiger partial charge in [0, 0.05) is 12.1 Å². The van der Waals surface area contributed by atoms with E-state index in [1.54, 1.807) is 30.2 Å².